The summed E-state index contributed by atoms with van der Waals surface area (Å²) in [5.41, 5.74) is 2.67. The summed E-state index contributed by atoms with van der Waals surface area (Å²) in [6, 6.07) is 9.05. The van der Waals surface area contributed by atoms with Crippen LogP contribution in [0, 0.1) is 24.7 Å². The lowest BCUT2D eigenvalue weighted by atomic mass is 9.86. The molecule has 1 fully saturated rings. The van der Waals surface area contributed by atoms with Crippen molar-refractivity contribution >= 4 is 0 Å². The molecule has 2 unspecified atom stereocenters. The van der Waals surface area contributed by atoms with Gasteiger partial charge in [-0.3, -0.25) is 0 Å². The van der Waals surface area contributed by atoms with Gasteiger partial charge >= 0.3 is 0 Å². The van der Waals surface area contributed by atoms with Crippen LogP contribution in [0.2, 0.25) is 0 Å². The summed E-state index contributed by atoms with van der Waals surface area (Å²) in [7, 11) is 0. The van der Waals surface area contributed by atoms with Crippen LogP contribution in [0.1, 0.15) is 44.2 Å². The van der Waals surface area contributed by atoms with E-state index in [1.54, 1.807) is 0 Å². The standard InChI is InChI=1S/C21H35NO2/c1-16(2)12-21(19-8-10-24-11-9-19)22-14-18(15-23)13-20-7-5-4-6-17(20)3/h4-7,16,18-19,21-23H,8-15H2,1-3H3. The molecule has 0 radical (unpaired) electrons. The van der Waals surface area contributed by atoms with E-state index in [9.17, 15) is 5.11 Å². The fourth-order valence-corrected chi connectivity index (χ4v) is 3.74. The maximum Gasteiger partial charge on any atom is 0.0474 e. The summed E-state index contributed by atoms with van der Waals surface area (Å²) in [6.45, 7) is 9.67. The number of ether oxygens (including phenoxy) is 1. The van der Waals surface area contributed by atoms with Crippen molar-refractivity contribution in [2.75, 3.05) is 26.4 Å². The molecule has 2 rings (SSSR count). The molecule has 1 aromatic carbocycles. The predicted octanol–water partition coefficient (Wildman–Crippen LogP) is 3.58. The molecule has 1 heterocycles. The lowest BCUT2D eigenvalue weighted by molar-refractivity contribution is 0.0495. The Bertz CT molecular complexity index is 469. The van der Waals surface area contributed by atoms with Gasteiger partial charge in [-0.2, -0.15) is 0 Å². The third-order valence-corrected chi connectivity index (χ3v) is 5.26. The van der Waals surface area contributed by atoms with E-state index in [-0.39, 0.29) is 12.5 Å². The lowest BCUT2D eigenvalue weighted by Crippen LogP contribution is -2.43. The second-order valence-corrected chi connectivity index (χ2v) is 7.77. The minimum atomic E-state index is 0.240. The molecule has 0 aromatic heterocycles. The van der Waals surface area contributed by atoms with E-state index in [4.69, 9.17) is 4.74 Å². The van der Waals surface area contributed by atoms with Crippen LogP contribution in [-0.2, 0) is 11.2 Å². The highest BCUT2D eigenvalue weighted by Gasteiger charge is 2.25. The zero-order valence-electron chi connectivity index (χ0n) is 15.6. The Hall–Kier alpha value is -0.900. The average molecular weight is 334 g/mol. The molecule has 0 saturated carbocycles. The molecule has 3 heteroatoms. The fraction of sp³-hybridized carbons (Fsp3) is 0.714. The molecular formula is C21H35NO2. The van der Waals surface area contributed by atoms with Crippen molar-refractivity contribution in [3.8, 4) is 0 Å². The minimum Gasteiger partial charge on any atom is -0.396 e. The maximum absolute atomic E-state index is 9.82. The van der Waals surface area contributed by atoms with E-state index < -0.39 is 0 Å². The van der Waals surface area contributed by atoms with Crippen LogP contribution in [0.3, 0.4) is 0 Å². The summed E-state index contributed by atoms with van der Waals surface area (Å²) in [5, 5.41) is 13.6. The number of hydrogen-bond donors (Lipinski definition) is 2. The molecule has 136 valence electrons. The normalized spacial score (nSPS) is 18.7. The topological polar surface area (TPSA) is 41.5 Å². The second-order valence-electron chi connectivity index (χ2n) is 7.77. The number of aliphatic hydroxyl groups is 1. The first-order valence-corrected chi connectivity index (χ1v) is 9.56. The predicted molar refractivity (Wildman–Crippen MR) is 100 cm³/mol. The van der Waals surface area contributed by atoms with Gasteiger partial charge in [0.1, 0.15) is 0 Å². The first kappa shape index (κ1) is 19.4. The molecule has 24 heavy (non-hydrogen) atoms. The summed E-state index contributed by atoms with van der Waals surface area (Å²) in [5.74, 6) is 1.67. The van der Waals surface area contributed by atoms with Gasteiger partial charge in [0.25, 0.3) is 0 Å². The SMILES string of the molecule is Cc1ccccc1CC(CO)CNC(CC(C)C)C1CCOCC1. The molecule has 0 amide bonds. The van der Waals surface area contributed by atoms with Crippen molar-refractivity contribution in [2.45, 2.75) is 52.5 Å². The number of hydrogen-bond acceptors (Lipinski definition) is 3. The number of nitrogens with one attached hydrogen (secondary N) is 1. The van der Waals surface area contributed by atoms with Crippen LogP contribution < -0.4 is 5.32 Å². The second kappa shape index (κ2) is 10.2. The van der Waals surface area contributed by atoms with Crippen LogP contribution in [0.25, 0.3) is 0 Å². The molecule has 2 N–H and O–H groups in total. The molecule has 1 aliphatic rings. The molecule has 1 saturated heterocycles. The van der Waals surface area contributed by atoms with Gasteiger partial charge in [-0.25, -0.2) is 0 Å². The Kier molecular flexibility index (Phi) is 8.23. The summed E-state index contributed by atoms with van der Waals surface area (Å²) in [6.07, 6.45) is 4.46. The molecular weight excluding hydrogens is 298 g/mol. The third kappa shape index (κ3) is 6.19. The Labute approximate surface area is 147 Å². The zero-order chi connectivity index (χ0) is 17.4. The zero-order valence-corrected chi connectivity index (χ0v) is 15.6. The van der Waals surface area contributed by atoms with Crippen molar-refractivity contribution in [3.63, 3.8) is 0 Å². The molecule has 3 nitrogen and oxygen atoms in total. The van der Waals surface area contributed by atoms with Gasteiger partial charge < -0.3 is 15.2 Å². The van der Waals surface area contributed by atoms with E-state index in [1.807, 2.05) is 0 Å². The van der Waals surface area contributed by atoms with Crippen LogP contribution in [0.5, 0.6) is 0 Å². The van der Waals surface area contributed by atoms with Gasteiger partial charge in [-0.05, 0) is 61.5 Å². The molecule has 0 bridgehead atoms. The first-order chi connectivity index (χ1) is 11.6. The molecule has 1 aromatic rings. The number of rotatable bonds is 9. The van der Waals surface area contributed by atoms with Crippen LogP contribution >= 0.6 is 0 Å². The maximum atomic E-state index is 9.82. The van der Waals surface area contributed by atoms with E-state index in [2.05, 4.69) is 50.4 Å². The van der Waals surface area contributed by atoms with Crippen LogP contribution in [0.4, 0.5) is 0 Å². The van der Waals surface area contributed by atoms with E-state index in [0.717, 1.165) is 39.0 Å². The Balaban J connectivity index is 1.91. The molecule has 0 spiro atoms. The van der Waals surface area contributed by atoms with Gasteiger partial charge in [0.2, 0.25) is 0 Å². The van der Waals surface area contributed by atoms with Crippen LogP contribution in [0.15, 0.2) is 24.3 Å². The first-order valence-electron chi connectivity index (χ1n) is 9.56. The van der Waals surface area contributed by atoms with E-state index in [0.29, 0.717) is 17.9 Å². The highest BCUT2D eigenvalue weighted by Crippen LogP contribution is 2.24. The molecule has 0 aliphatic carbocycles. The van der Waals surface area contributed by atoms with Gasteiger partial charge in [0, 0.05) is 32.4 Å². The number of benzene rings is 1. The minimum absolute atomic E-state index is 0.240. The third-order valence-electron chi connectivity index (χ3n) is 5.26. The smallest absolute Gasteiger partial charge is 0.0474 e. The summed E-state index contributed by atoms with van der Waals surface area (Å²) in [4.78, 5) is 0. The lowest BCUT2D eigenvalue weighted by Gasteiger charge is -2.33. The Morgan fingerprint density at radius 3 is 2.54 bits per heavy atom. The monoisotopic (exact) mass is 333 g/mol. The Morgan fingerprint density at radius 2 is 1.92 bits per heavy atom. The number of aliphatic hydroxyl groups excluding tert-OH is 1. The van der Waals surface area contributed by atoms with Crippen molar-refractivity contribution in [2.24, 2.45) is 17.8 Å². The van der Waals surface area contributed by atoms with Crippen molar-refractivity contribution < 1.29 is 9.84 Å². The summed E-state index contributed by atoms with van der Waals surface area (Å²) < 4.78 is 5.53. The van der Waals surface area contributed by atoms with Crippen molar-refractivity contribution in [1.82, 2.24) is 5.32 Å². The Morgan fingerprint density at radius 1 is 1.21 bits per heavy atom. The molecule has 2 atom stereocenters. The van der Waals surface area contributed by atoms with Gasteiger partial charge in [-0.1, -0.05) is 38.1 Å². The quantitative estimate of drug-likeness (QED) is 0.726. The largest absolute Gasteiger partial charge is 0.396 e. The van der Waals surface area contributed by atoms with Crippen molar-refractivity contribution in [1.29, 1.82) is 0 Å². The highest BCUT2D eigenvalue weighted by atomic mass is 16.5. The highest BCUT2D eigenvalue weighted by molar-refractivity contribution is 5.26. The molecule has 1 aliphatic heterocycles. The number of aryl methyl sites for hydroxylation is 1. The van der Waals surface area contributed by atoms with Gasteiger partial charge in [0.15, 0.2) is 0 Å². The van der Waals surface area contributed by atoms with E-state index in [1.165, 1.54) is 17.5 Å². The average Bonchev–Trinajstić information content (AvgIpc) is 2.59. The fourth-order valence-electron chi connectivity index (χ4n) is 3.74. The van der Waals surface area contributed by atoms with Crippen molar-refractivity contribution in [3.05, 3.63) is 35.4 Å². The van der Waals surface area contributed by atoms with Gasteiger partial charge in [-0.15, -0.1) is 0 Å². The van der Waals surface area contributed by atoms with Gasteiger partial charge in [0.05, 0.1) is 0 Å². The summed E-state index contributed by atoms with van der Waals surface area (Å²) >= 11 is 0. The van der Waals surface area contributed by atoms with E-state index >= 15 is 0 Å². The van der Waals surface area contributed by atoms with Crippen LogP contribution in [-0.4, -0.2) is 37.5 Å².